The molecule has 20 heavy (non-hydrogen) atoms. The molecule has 5 heteroatoms. The Morgan fingerprint density at radius 3 is 2.70 bits per heavy atom. The Labute approximate surface area is 118 Å². The molecule has 1 amide bonds. The molecule has 0 radical (unpaired) electrons. The number of aromatic nitrogens is 2. The molecule has 0 aliphatic carbocycles. The molecule has 0 spiro atoms. The molecule has 1 atom stereocenters. The van der Waals surface area contributed by atoms with Crippen LogP contribution in [0.2, 0.25) is 0 Å². The average molecular weight is 270 g/mol. The predicted octanol–water partition coefficient (Wildman–Crippen LogP) is 2.35. The van der Waals surface area contributed by atoms with Crippen LogP contribution in [0.5, 0.6) is 0 Å². The summed E-state index contributed by atoms with van der Waals surface area (Å²) >= 11 is 0. The van der Waals surface area contributed by atoms with Gasteiger partial charge in [-0.1, -0.05) is 18.2 Å². The van der Waals surface area contributed by atoms with Crippen molar-refractivity contribution in [3.8, 4) is 5.69 Å². The van der Waals surface area contributed by atoms with Crippen LogP contribution in [0.25, 0.3) is 5.69 Å². The number of fused-ring (bicyclic) bond motifs is 1. The van der Waals surface area contributed by atoms with E-state index < -0.39 is 0 Å². The van der Waals surface area contributed by atoms with E-state index >= 15 is 0 Å². The van der Waals surface area contributed by atoms with Crippen molar-refractivity contribution in [3.05, 3.63) is 36.0 Å². The summed E-state index contributed by atoms with van der Waals surface area (Å²) in [5.41, 5.74) is 2.85. The highest BCUT2D eigenvalue weighted by Crippen LogP contribution is 2.35. The van der Waals surface area contributed by atoms with Crippen molar-refractivity contribution in [1.82, 2.24) is 9.78 Å². The molecule has 104 valence electrons. The number of amides is 1. The van der Waals surface area contributed by atoms with E-state index in [4.69, 9.17) is 0 Å². The summed E-state index contributed by atoms with van der Waals surface area (Å²) in [6.45, 7) is 4.02. The molecule has 0 bridgehead atoms. The molecule has 3 rings (SSSR count). The van der Waals surface area contributed by atoms with E-state index in [9.17, 15) is 4.79 Å². The van der Waals surface area contributed by atoms with Crippen LogP contribution in [0.4, 0.5) is 11.5 Å². The summed E-state index contributed by atoms with van der Waals surface area (Å²) in [6.07, 6.45) is 0.486. The smallest absolute Gasteiger partial charge is 0.227 e. The van der Waals surface area contributed by atoms with Crippen molar-refractivity contribution in [2.45, 2.75) is 26.3 Å². The molecule has 0 saturated carbocycles. The van der Waals surface area contributed by atoms with Gasteiger partial charge in [0.1, 0.15) is 5.69 Å². The van der Waals surface area contributed by atoms with Crippen LogP contribution in [0, 0.1) is 6.92 Å². The molecule has 2 heterocycles. The Morgan fingerprint density at radius 1 is 1.30 bits per heavy atom. The normalized spacial score (nSPS) is 18.4. The summed E-state index contributed by atoms with van der Waals surface area (Å²) in [5, 5.41) is 7.57. The number of hydrogen-bond acceptors (Lipinski definition) is 3. The van der Waals surface area contributed by atoms with Gasteiger partial charge in [-0.25, -0.2) is 4.68 Å². The van der Waals surface area contributed by atoms with Gasteiger partial charge in [-0.05, 0) is 26.0 Å². The molecule has 0 fully saturated rings. The van der Waals surface area contributed by atoms with E-state index in [1.165, 1.54) is 0 Å². The zero-order chi connectivity index (χ0) is 14.3. The number of aryl methyl sites for hydroxylation is 1. The molecule has 0 saturated heterocycles. The van der Waals surface area contributed by atoms with Crippen molar-refractivity contribution < 1.29 is 4.79 Å². The second-order valence-electron chi connectivity index (χ2n) is 5.24. The molecular formula is C15H18N4O. The first kappa shape index (κ1) is 12.7. The average Bonchev–Trinajstić information content (AvgIpc) is 2.69. The van der Waals surface area contributed by atoms with Crippen LogP contribution in [-0.4, -0.2) is 28.8 Å². The van der Waals surface area contributed by atoms with Crippen LogP contribution in [0.1, 0.15) is 19.0 Å². The van der Waals surface area contributed by atoms with E-state index in [-0.39, 0.29) is 11.9 Å². The Balaban J connectivity index is 2.19. The minimum Gasteiger partial charge on any atom is -0.367 e. The Bertz CT molecular complexity index is 647. The van der Waals surface area contributed by atoms with E-state index in [2.05, 4.69) is 15.3 Å². The molecule has 5 nitrogen and oxygen atoms in total. The van der Waals surface area contributed by atoms with Gasteiger partial charge in [0, 0.05) is 19.5 Å². The lowest BCUT2D eigenvalue weighted by molar-refractivity contribution is -0.116. The van der Waals surface area contributed by atoms with Gasteiger partial charge in [0.25, 0.3) is 0 Å². The Morgan fingerprint density at radius 2 is 2.00 bits per heavy atom. The molecule has 1 aliphatic heterocycles. The lowest BCUT2D eigenvalue weighted by Crippen LogP contribution is -2.29. The monoisotopic (exact) mass is 270 g/mol. The van der Waals surface area contributed by atoms with Gasteiger partial charge >= 0.3 is 0 Å². The van der Waals surface area contributed by atoms with Gasteiger partial charge in [-0.3, -0.25) is 4.79 Å². The van der Waals surface area contributed by atoms with Gasteiger partial charge in [-0.15, -0.1) is 0 Å². The highest BCUT2D eigenvalue weighted by Gasteiger charge is 2.28. The maximum atomic E-state index is 12.0. The molecule has 1 N–H and O–H groups in total. The topological polar surface area (TPSA) is 50.2 Å². The predicted molar refractivity (Wildman–Crippen MR) is 79.4 cm³/mol. The van der Waals surface area contributed by atoms with Gasteiger partial charge in [0.2, 0.25) is 5.91 Å². The van der Waals surface area contributed by atoms with Crippen molar-refractivity contribution in [3.63, 3.8) is 0 Å². The van der Waals surface area contributed by atoms with Crippen LogP contribution in [0.3, 0.4) is 0 Å². The van der Waals surface area contributed by atoms with Crippen LogP contribution in [-0.2, 0) is 4.79 Å². The van der Waals surface area contributed by atoms with Crippen molar-refractivity contribution in [2.24, 2.45) is 0 Å². The van der Waals surface area contributed by atoms with Crippen molar-refractivity contribution >= 4 is 17.4 Å². The molecule has 1 aromatic heterocycles. The van der Waals surface area contributed by atoms with Gasteiger partial charge in [0.05, 0.1) is 11.4 Å². The van der Waals surface area contributed by atoms with Crippen molar-refractivity contribution in [2.75, 3.05) is 17.3 Å². The summed E-state index contributed by atoms with van der Waals surface area (Å²) in [5.74, 6) is 0.783. The first-order valence-electron chi connectivity index (χ1n) is 6.75. The lowest BCUT2D eigenvalue weighted by Gasteiger charge is -2.23. The standard InChI is InChI=1S/C15H18N4O/c1-10-9-13(20)16-15-14(18(10)3)11(2)17-19(15)12-7-5-4-6-8-12/h4-8,10H,9H2,1-3H3,(H,16,20). The van der Waals surface area contributed by atoms with Crippen LogP contribution >= 0.6 is 0 Å². The number of benzene rings is 1. The minimum atomic E-state index is 0.0279. The first-order chi connectivity index (χ1) is 9.58. The fraction of sp³-hybridized carbons (Fsp3) is 0.333. The molecular weight excluding hydrogens is 252 g/mol. The van der Waals surface area contributed by atoms with E-state index in [0.717, 1.165) is 22.9 Å². The number of para-hydroxylation sites is 1. The van der Waals surface area contributed by atoms with Crippen LogP contribution in [0.15, 0.2) is 30.3 Å². The number of anilines is 2. The number of carbonyl (C=O) groups excluding carboxylic acids is 1. The summed E-state index contributed by atoms with van der Waals surface area (Å²) in [6, 6.07) is 10.0. The van der Waals surface area contributed by atoms with Gasteiger partial charge < -0.3 is 10.2 Å². The first-order valence-corrected chi connectivity index (χ1v) is 6.75. The lowest BCUT2D eigenvalue weighted by atomic mass is 10.2. The zero-order valence-electron chi connectivity index (χ0n) is 11.9. The highest BCUT2D eigenvalue weighted by atomic mass is 16.1. The minimum absolute atomic E-state index is 0.0279. The number of carbonyl (C=O) groups is 1. The fourth-order valence-corrected chi connectivity index (χ4v) is 2.62. The largest absolute Gasteiger partial charge is 0.367 e. The quantitative estimate of drug-likeness (QED) is 0.865. The number of rotatable bonds is 1. The SMILES string of the molecule is Cc1nn(-c2ccccc2)c2c1N(C)C(C)CC(=O)N2. The summed E-state index contributed by atoms with van der Waals surface area (Å²) in [4.78, 5) is 14.1. The molecule has 1 aliphatic rings. The summed E-state index contributed by atoms with van der Waals surface area (Å²) < 4.78 is 1.80. The molecule has 1 aromatic carbocycles. The Hall–Kier alpha value is -2.30. The zero-order valence-corrected chi connectivity index (χ0v) is 11.9. The number of nitrogens with zero attached hydrogens (tertiary/aromatic N) is 3. The Kier molecular flexibility index (Phi) is 2.97. The second kappa shape index (κ2) is 4.67. The third-order valence-electron chi connectivity index (χ3n) is 3.78. The van der Waals surface area contributed by atoms with E-state index in [1.807, 2.05) is 51.2 Å². The third kappa shape index (κ3) is 1.95. The highest BCUT2D eigenvalue weighted by molar-refractivity contribution is 5.96. The van der Waals surface area contributed by atoms with Crippen LogP contribution < -0.4 is 10.2 Å². The second-order valence-corrected chi connectivity index (χ2v) is 5.24. The van der Waals surface area contributed by atoms with Crippen molar-refractivity contribution in [1.29, 1.82) is 0 Å². The maximum Gasteiger partial charge on any atom is 0.227 e. The fourth-order valence-electron chi connectivity index (χ4n) is 2.62. The number of nitrogens with one attached hydrogen (secondary N) is 1. The third-order valence-corrected chi connectivity index (χ3v) is 3.78. The van der Waals surface area contributed by atoms with Gasteiger partial charge in [-0.2, -0.15) is 5.10 Å². The molecule has 2 aromatic rings. The number of hydrogen-bond donors (Lipinski definition) is 1. The van der Waals surface area contributed by atoms with Gasteiger partial charge in [0.15, 0.2) is 5.82 Å². The summed E-state index contributed by atoms with van der Waals surface area (Å²) in [7, 11) is 2.01. The maximum absolute atomic E-state index is 12.0. The van der Waals surface area contributed by atoms with E-state index in [0.29, 0.717) is 6.42 Å². The molecule has 1 unspecified atom stereocenters. The van der Waals surface area contributed by atoms with E-state index in [1.54, 1.807) is 4.68 Å².